The van der Waals surface area contributed by atoms with Gasteiger partial charge in [0.1, 0.15) is 0 Å². The molecule has 5 heteroatoms. The minimum absolute atomic E-state index is 0.0180. The molecule has 0 heterocycles. The number of rotatable bonds is 6. The summed E-state index contributed by atoms with van der Waals surface area (Å²) in [6.07, 6.45) is -0.423. The van der Waals surface area contributed by atoms with E-state index in [0.717, 1.165) is 19.3 Å². The van der Waals surface area contributed by atoms with Gasteiger partial charge in [-0.2, -0.15) is 13.2 Å². The van der Waals surface area contributed by atoms with Crippen LogP contribution in [-0.4, -0.2) is 25.8 Å². The van der Waals surface area contributed by atoms with Gasteiger partial charge in [-0.15, -0.1) is 0 Å². The largest absolute Gasteiger partial charge is 0.390 e. The van der Waals surface area contributed by atoms with Crippen molar-refractivity contribution in [2.24, 2.45) is 11.1 Å². The lowest BCUT2D eigenvalue weighted by atomic mass is 9.67. The fourth-order valence-electron chi connectivity index (χ4n) is 1.94. The molecular weight excluding hydrogens is 205 g/mol. The Bertz CT molecular complexity index is 182. The molecule has 0 aliphatic heterocycles. The minimum atomic E-state index is -4.05. The Morgan fingerprint density at radius 3 is 2.27 bits per heavy atom. The van der Waals surface area contributed by atoms with E-state index >= 15 is 0 Å². The predicted molar refractivity (Wildman–Crippen MR) is 53.5 cm³/mol. The van der Waals surface area contributed by atoms with Crippen molar-refractivity contribution in [1.29, 1.82) is 0 Å². The first kappa shape index (κ1) is 12.8. The smallest absolute Gasteiger partial charge is 0.330 e. The zero-order chi connectivity index (χ0) is 11.4. The van der Waals surface area contributed by atoms with E-state index in [2.05, 4.69) is 5.32 Å². The molecule has 0 bridgehead atoms. The molecule has 2 nitrogen and oxygen atoms in total. The molecule has 0 aromatic carbocycles. The summed E-state index contributed by atoms with van der Waals surface area (Å²) in [5.74, 6) is 0. The van der Waals surface area contributed by atoms with Gasteiger partial charge in [-0.1, -0.05) is 6.42 Å². The quantitative estimate of drug-likeness (QED) is 0.678. The summed E-state index contributed by atoms with van der Waals surface area (Å²) in [4.78, 5) is 0. The molecule has 1 rings (SSSR count). The van der Waals surface area contributed by atoms with Crippen LogP contribution in [0.25, 0.3) is 0 Å². The molecular formula is C10H19F3N2. The summed E-state index contributed by atoms with van der Waals surface area (Å²) >= 11 is 0. The highest BCUT2D eigenvalue weighted by atomic mass is 19.4. The first-order chi connectivity index (χ1) is 6.97. The Morgan fingerprint density at radius 2 is 1.87 bits per heavy atom. The average Bonchev–Trinajstić information content (AvgIpc) is 2.06. The van der Waals surface area contributed by atoms with Crippen molar-refractivity contribution in [2.75, 3.05) is 19.6 Å². The van der Waals surface area contributed by atoms with Crippen LogP contribution < -0.4 is 11.1 Å². The van der Waals surface area contributed by atoms with Crippen LogP contribution in [0.4, 0.5) is 13.2 Å². The number of nitrogens with one attached hydrogen (secondary N) is 1. The second kappa shape index (κ2) is 5.16. The van der Waals surface area contributed by atoms with Crippen LogP contribution >= 0.6 is 0 Å². The molecule has 0 amide bonds. The maximum atomic E-state index is 11.8. The number of halogens is 3. The second-order valence-corrected chi connectivity index (χ2v) is 4.42. The highest BCUT2D eigenvalue weighted by molar-refractivity contribution is 4.88. The first-order valence-electron chi connectivity index (χ1n) is 5.45. The van der Waals surface area contributed by atoms with E-state index in [1.807, 2.05) is 0 Å². The molecule has 3 N–H and O–H groups in total. The highest BCUT2D eigenvalue weighted by Crippen LogP contribution is 2.42. The zero-order valence-electron chi connectivity index (χ0n) is 8.87. The molecule has 0 aromatic rings. The standard InChI is InChI=1S/C10H19F3N2/c11-10(12,13)5-7-15-6-4-9(8-14)2-1-3-9/h15H,1-8,14H2. The first-order valence-corrected chi connectivity index (χ1v) is 5.45. The zero-order valence-corrected chi connectivity index (χ0v) is 8.87. The predicted octanol–water partition coefficient (Wildman–Crippen LogP) is 2.05. The fraction of sp³-hybridized carbons (Fsp3) is 1.00. The van der Waals surface area contributed by atoms with Gasteiger partial charge in [-0.05, 0) is 37.8 Å². The van der Waals surface area contributed by atoms with Crippen molar-refractivity contribution >= 4 is 0 Å². The van der Waals surface area contributed by atoms with E-state index in [0.29, 0.717) is 13.1 Å². The molecule has 0 spiro atoms. The van der Waals surface area contributed by atoms with Crippen molar-refractivity contribution in [3.05, 3.63) is 0 Å². The van der Waals surface area contributed by atoms with Crippen LogP contribution in [0.2, 0.25) is 0 Å². The van der Waals surface area contributed by atoms with Gasteiger partial charge in [0.05, 0.1) is 6.42 Å². The van der Waals surface area contributed by atoms with Gasteiger partial charge in [0.25, 0.3) is 0 Å². The van der Waals surface area contributed by atoms with Crippen LogP contribution in [-0.2, 0) is 0 Å². The molecule has 1 aliphatic carbocycles. The summed E-state index contributed by atoms with van der Waals surface area (Å²) in [5, 5.41) is 2.82. The normalized spacial score (nSPS) is 20.0. The summed E-state index contributed by atoms with van der Waals surface area (Å²) < 4.78 is 35.4. The summed E-state index contributed by atoms with van der Waals surface area (Å²) in [6, 6.07) is 0. The summed E-state index contributed by atoms with van der Waals surface area (Å²) in [6.45, 7) is 1.32. The molecule has 0 atom stereocenters. The molecule has 1 saturated carbocycles. The van der Waals surface area contributed by atoms with Gasteiger partial charge in [-0.25, -0.2) is 0 Å². The van der Waals surface area contributed by atoms with Gasteiger partial charge < -0.3 is 11.1 Å². The third-order valence-electron chi connectivity index (χ3n) is 3.26. The molecule has 1 aliphatic rings. The Kier molecular flexibility index (Phi) is 4.40. The lowest BCUT2D eigenvalue weighted by Gasteiger charge is -2.41. The summed E-state index contributed by atoms with van der Waals surface area (Å²) in [7, 11) is 0. The molecule has 90 valence electrons. The van der Waals surface area contributed by atoms with E-state index in [-0.39, 0.29) is 12.0 Å². The van der Waals surface area contributed by atoms with Crippen molar-refractivity contribution in [3.8, 4) is 0 Å². The Balaban J connectivity index is 2.02. The lowest BCUT2D eigenvalue weighted by molar-refractivity contribution is -0.133. The van der Waals surface area contributed by atoms with E-state index in [1.165, 1.54) is 6.42 Å². The fourth-order valence-corrected chi connectivity index (χ4v) is 1.94. The van der Waals surface area contributed by atoms with E-state index in [9.17, 15) is 13.2 Å². The number of alkyl halides is 3. The van der Waals surface area contributed by atoms with E-state index in [4.69, 9.17) is 5.73 Å². The number of nitrogens with two attached hydrogens (primary N) is 1. The number of hydrogen-bond donors (Lipinski definition) is 2. The molecule has 1 fully saturated rings. The van der Waals surface area contributed by atoms with Crippen LogP contribution in [0.3, 0.4) is 0 Å². The molecule has 0 aromatic heterocycles. The monoisotopic (exact) mass is 224 g/mol. The van der Waals surface area contributed by atoms with Gasteiger partial charge in [0.2, 0.25) is 0 Å². The lowest BCUT2D eigenvalue weighted by Crippen LogP contribution is -2.40. The van der Waals surface area contributed by atoms with Crippen LogP contribution in [0, 0.1) is 5.41 Å². The van der Waals surface area contributed by atoms with Crippen molar-refractivity contribution < 1.29 is 13.2 Å². The topological polar surface area (TPSA) is 38.0 Å². The van der Waals surface area contributed by atoms with Crippen molar-refractivity contribution in [2.45, 2.75) is 38.3 Å². The average molecular weight is 224 g/mol. The van der Waals surface area contributed by atoms with E-state index < -0.39 is 12.6 Å². The maximum absolute atomic E-state index is 11.8. The summed E-state index contributed by atoms with van der Waals surface area (Å²) in [5.41, 5.74) is 5.87. The van der Waals surface area contributed by atoms with Gasteiger partial charge >= 0.3 is 6.18 Å². The minimum Gasteiger partial charge on any atom is -0.330 e. The highest BCUT2D eigenvalue weighted by Gasteiger charge is 2.34. The van der Waals surface area contributed by atoms with Crippen LogP contribution in [0.5, 0.6) is 0 Å². The molecule has 0 unspecified atom stereocenters. The van der Waals surface area contributed by atoms with Gasteiger partial charge in [-0.3, -0.25) is 0 Å². The Labute approximate surface area is 88.4 Å². The van der Waals surface area contributed by atoms with Crippen molar-refractivity contribution in [1.82, 2.24) is 5.32 Å². The Hall–Kier alpha value is -0.290. The third kappa shape index (κ3) is 4.38. The second-order valence-electron chi connectivity index (χ2n) is 4.42. The molecule has 0 radical (unpaired) electrons. The van der Waals surface area contributed by atoms with Crippen LogP contribution in [0.1, 0.15) is 32.1 Å². The molecule has 15 heavy (non-hydrogen) atoms. The maximum Gasteiger partial charge on any atom is 0.390 e. The molecule has 0 saturated heterocycles. The van der Waals surface area contributed by atoms with Gasteiger partial charge in [0, 0.05) is 6.54 Å². The van der Waals surface area contributed by atoms with E-state index in [1.54, 1.807) is 0 Å². The number of hydrogen-bond acceptors (Lipinski definition) is 2. The Morgan fingerprint density at radius 1 is 1.20 bits per heavy atom. The third-order valence-corrected chi connectivity index (χ3v) is 3.26. The van der Waals surface area contributed by atoms with Gasteiger partial charge in [0.15, 0.2) is 0 Å². The van der Waals surface area contributed by atoms with Crippen molar-refractivity contribution in [3.63, 3.8) is 0 Å². The van der Waals surface area contributed by atoms with Crippen LogP contribution in [0.15, 0.2) is 0 Å². The SMILES string of the molecule is NCC1(CCNCCC(F)(F)F)CCC1.